The van der Waals surface area contributed by atoms with Gasteiger partial charge in [-0.25, -0.2) is 0 Å². The van der Waals surface area contributed by atoms with Gasteiger partial charge in [-0.2, -0.15) is 0 Å². The SMILES string of the molecule is C=CCc1cc(OC)c(O[C@H](C)[C@@H](O)c2ccc(O)c(OC)c2)c(OC)c1. The van der Waals surface area contributed by atoms with Crippen LogP contribution in [-0.2, 0) is 6.42 Å². The van der Waals surface area contributed by atoms with E-state index in [1.54, 1.807) is 39.4 Å². The molecule has 27 heavy (non-hydrogen) atoms. The third kappa shape index (κ3) is 4.65. The van der Waals surface area contributed by atoms with Gasteiger partial charge in [-0.1, -0.05) is 12.1 Å². The fourth-order valence-electron chi connectivity index (χ4n) is 2.73. The fraction of sp³-hybridized carbons (Fsp3) is 0.333. The molecule has 0 radical (unpaired) electrons. The average molecular weight is 374 g/mol. The van der Waals surface area contributed by atoms with Crippen LogP contribution in [0.15, 0.2) is 43.0 Å². The summed E-state index contributed by atoms with van der Waals surface area (Å²) in [5, 5.41) is 20.4. The van der Waals surface area contributed by atoms with Crippen LogP contribution in [0.4, 0.5) is 0 Å². The van der Waals surface area contributed by atoms with Gasteiger partial charge in [-0.05, 0) is 48.7 Å². The van der Waals surface area contributed by atoms with E-state index in [2.05, 4.69) is 6.58 Å². The van der Waals surface area contributed by atoms with Crippen molar-refractivity contribution in [2.24, 2.45) is 0 Å². The summed E-state index contributed by atoms with van der Waals surface area (Å²) in [6.07, 6.45) is 0.881. The first-order valence-corrected chi connectivity index (χ1v) is 8.52. The van der Waals surface area contributed by atoms with E-state index in [0.29, 0.717) is 29.2 Å². The average Bonchev–Trinajstić information content (AvgIpc) is 2.68. The fourth-order valence-corrected chi connectivity index (χ4v) is 2.73. The Hall–Kier alpha value is -2.86. The van der Waals surface area contributed by atoms with Gasteiger partial charge in [0.2, 0.25) is 5.75 Å². The third-order valence-electron chi connectivity index (χ3n) is 4.19. The Labute approximate surface area is 159 Å². The summed E-state index contributed by atoms with van der Waals surface area (Å²) in [6, 6.07) is 8.35. The standard InChI is InChI=1S/C21H26O6/c1-6-7-14-10-18(25-4)21(19(11-14)26-5)27-13(2)20(23)15-8-9-16(22)17(12-15)24-3/h6,8-13,20,22-23H,1,7H2,2-5H3/t13-,20-/m1/s1. The number of aliphatic hydroxyl groups is 1. The van der Waals surface area contributed by atoms with Gasteiger partial charge in [-0.15, -0.1) is 6.58 Å². The smallest absolute Gasteiger partial charge is 0.203 e. The molecule has 6 nitrogen and oxygen atoms in total. The van der Waals surface area contributed by atoms with E-state index in [1.807, 2.05) is 12.1 Å². The van der Waals surface area contributed by atoms with Gasteiger partial charge >= 0.3 is 0 Å². The molecule has 146 valence electrons. The molecule has 0 spiro atoms. The third-order valence-corrected chi connectivity index (χ3v) is 4.19. The van der Waals surface area contributed by atoms with Crippen LogP contribution >= 0.6 is 0 Å². The van der Waals surface area contributed by atoms with Crippen molar-refractivity contribution in [1.82, 2.24) is 0 Å². The highest BCUT2D eigenvalue weighted by Crippen LogP contribution is 2.41. The number of aliphatic hydroxyl groups excluding tert-OH is 1. The number of hydrogen-bond donors (Lipinski definition) is 2. The van der Waals surface area contributed by atoms with Crippen LogP contribution in [-0.4, -0.2) is 37.6 Å². The van der Waals surface area contributed by atoms with Crippen LogP contribution in [0.5, 0.6) is 28.7 Å². The highest BCUT2D eigenvalue weighted by Gasteiger charge is 2.23. The number of hydrogen-bond acceptors (Lipinski definition) is 6. The first kappa shape index (κ1) is 20.5. The maximum atomic E-state index is 10.7. The summed E-state index contributed by atoms with van der Waals surface area (Å²) < 4.78 is 22.0. The van der Waals surface area contributed by atoms with E-state index in [4.69, 9.17) is 18.9 Å². The molecule has 0 aliphatic carbocycles. The maximum Gasteiger partial charge on any atom is 0.203 e. The summed E-state index contributed by atoms with van der Waals surface area (Å²) in [6.45, 7) is 5.48. The molecule has 0 fully saturated rings. The highest BCUT2D eigenvalue weighted by atomic mass is 16.5. The zero-order valence-electron chi connectivity index (χ0n) is 16.1. The molecule has 2 aromatic rings. The topological polar surface area (TPSA) is 77.4 Å². The summed E-state index contributed by atoms with van der Waals surface area (Å²) >= 11 is 0. The predicted molar refractivity (Wildman–Crippen MR) is 103 cm³/mol. The number of allylic oxidation sites excluding steroid dienone is 1. The lowest BCUT2D eigenvalue weighted by molar-refractivity contribution is 0.0433. The van der Waals surface area contributed by atoms with Crippen LogP contribution in [0.2, 0.25) is 0 Å². The van der Waals surface area contributed by atoms with Gasteiger partial charge < -0.3 is 29.2 Å². The van der Waals surface area contributed by atoms with E-state index >= 15 is 0 Å². The number of aromatic hydroxyl groups is 1. The molecule has 0 aromatic heterocycles. The first-order chi connectivity index (χ1) is 12.9. The van der Waals surface area contributed by atoms with Gasteiger partial charge in [0.15, 0.2) is 23.0 Å². The van der Waals surface area contributed by atoms with Gasteiger partial charge in [0.1, 0.15) is 12.2 Å². The molecule has 2 N–H and O–H groups in total. The lowest BCUT2D eigenvalue weighted by Crippen LogP contribution is -2.22. The lowest BCUT2D eigenvalue weighted by Gasteiger charge is -2.24. The summed E-state index contributed by atoms with van der Waals surface area (Å²) in [4.78, 5) is 0. The number of ether oxygens (including phenoxy) is 4. The first-order valence-electron chi connectivity index (χ1n) is 8.52. The molecule has 0 bridgehead atoms. The molecular formula is C21H26O6. The minimum Gasteiger partial charge on any atom is -0.504 e. The molecule has 0 aliphatic rings. The van der Waals surface area contributed by atoms with E-state index in [0.717, 1.165) is 5.56 Å². The zero-order chi connectivity index (χ0) is 20.0. The van der Waals surface area contributed by atoms with Crippen LogP contribution in [0.3, 0.4) is 0 Å². The summed E-state index contributed by atoms with van der Waals surface area (Å²) in [5.74, 6) is 1.71. The van der Waals surface area contributed by atoms with Crippen LogP contribution in [0, 0.1) is 0 Å². The van der Waals surface area contributed by atoms with Crippen LogP contribution in [0.25, 0.3) is 0 Å². The lowest BCUT2D eigenvalue weighted by atomic mass is 10.0. The molecular weight excluding hydrogens is 348 g/mol. The van der Waals surface area contributed by atoms with Crippen LogP contribution in [0.1, 0.15) is 24.2 Å². The van der Waals surface area contributed by atoms with Crippen molar-refractivity contribution in [2.45, 2.75) is 25.6 Å². The molecule has 2 rings (SSSR count). The molecule has 0 aliphatic heterocycles. The Kier molecular flexibility index (Phi) is 6.96. The Morgan fingerprint density at radius 1 is 1.00 bits per heavy atom. The van der Waals surface area contributed by atoms with Crippen molar-refractivity contribution in [3.05, 3.63) is 54.1 Å². The van der Waals surface area contributed by atoms with Gasteiger partial charge in [0.25, 0.3) is 0 Å². The normalized spacial score (nSPS) is 12.8. The Morgan fingerprint density at radius 3 is 2.11 bits per heavy atom. The molecule has 2 aromatic carbocycles. The monoisotopic (exact) mass is 374 g/mol. The summed E-state index contributed by atoms with van der Waals surface area (Å²) in [7, 11) is 4.54. The van der Waals surface area contributed by atoms with E-state index in [1.165, 1.54) is 13.2 Å². The second kappa shape index (κ2) is 9.19. The minimum absolute atomic E-state index is 0.00293. The van der Waals surface area contributed by atoms with Crippen molar-refractivity contribution in [1.29, 1.82) is 0 Å². The van der Waals surface area contributed by atoms with Crippen molar-refractivity contribution in [3.8, 4) is 28.7 Å². The number of phenols is 1. The predicted octanol–water partition coefficient (Wildman–Crippen LogP) is 3.65. The van der Waals surface area contributed by atoms with Crippen LogP contribution < -0.4 is 18.9 Å². The molecule has 0 saturated carbocycles. The number of rotatable bonds is 9. The number of benzene rings is 2. The van der Waals surface area contributed by atoms with Crippen molar-refractivity contribution in [2.75, 3.05) is 21.3 Å². The quantitative estimate of drug-likeness (QED) is 0.653. The van der Waals surface area contributed by atoms with E-state index < -0.39 is 12.2 Å². The van der Waals surface area contributed by atoms with Crippen molar-refractivity contribution >= 4 is 0 Å². The van der Waals surface area contributed by atoms with Crippen molar-refractivity contribution in [3.63, 3.8) is 0 Å². The molecule has 2 atom stereocenters. The highest BCUT2D eigenvalue weighted by molar-refractivity contribution is 5.54. The van der Waals surface area contributed by atoms with Gasteiger partial charge in [-0.3, -0.25) is 0 Å². The zero-order valence-corrected chi connectivity index (χ0v) is 16.1. The minimum atomic E-state index is -0.957. The molecule has 0 amide bonds. The molecule has 0 heterocycles. The Balaban J connectivity index is 2.30. The Bertz CT molecular complexity index is 761. The van der Waals surface area contributed by atoms with Crippen molar-refractivity contribution < 1.29 is 29.2 Å². The Morgan fingerprint density at radius 2 is 1.59 bits per heavy atom. The van der Waals surface area contributed by atoms with E-state index in [9.17, 15) is 10.2 Å². The largest absolute Gasteiger partial charge is 0.504 e. The maximum absolute atomic E-state index is 10.7. The molecule has 0 unspecified atom stereocenters. The molecule has 6 heteroatoms. The van der Waals surface area contributed by atoms with Gasteiger partial charge in [0, 0.05) is 0 Å². The van der Waals surface area contributed by atoms with Gasteiger partial charge in [0.05, 0.1) is 21.3 Å². The second-order valence-corrected chi connectivity index (χ2v) is 6.02. The number of methoxy groups -OCH3 is 3. The number of phenolic OH excluding ortho intramolecular Hbond substituents is 1. The molecule has 0 saturated heterocycles. The van der Waals surface area contributed by atoms with E-state index in [-0.39, 0.29) is 11.5 Å². The second-order valence-electron chi connectivity index (χ2n) is 6.02. The summed E-state index contributed by atoms with van der Waals surface area (Å²) in [5.41, 5.74) is 1.53.